The first-order chi connectivity index (χ1) is 53.9. The molecule has 0 bridgehead atoms. The number of aromatic nitrogens is 4. The molecule has 0 radical (unpaired) electrons. The normalized spacial score (nSPS) is 13.1. The van der Waals surface area contributed by atoms with Crippen molar-refractivity contribution in [1.29, 1.82) is 0 Å². The summed E-state index contributed by atoms with van der Waals surface area (Å²) in [5, 5.41) is 9.99. The third-order valence-electron chi connectivity index (χ3n) is 22.4. The van der Waals surface area contributed by atoms with Crippen LogP contribution in [-0.2, 0) is 9.31 Å². The van der Waals surface area contributed by atoms with Gasteiger partial charge in [-0.05, 0) is 210 Å². The molecule has 0 saturated carbocycles. The minimum atomic E-state index is -0.373. The Hall–Kier alpha value is -12.8. The van der Waals surface area contributed by atoms with E-state index >= 15 is 0 Å². The van der Waals surface area contributed by atoms with E-state index < -0.39 is 0 Å². The summed E-state index contributed by atoms with van der Waals surface area (Å²) in [7, 11) is -0.373. The summed E-state index contributed by atoms with van der Waals surface area (Å²) in [6.07, 6.45) is 0. The van der Waals surface area contributed by atoms with Gasteiger partial charge in [-0.2, -0.15) is 0 Å². The van der Waals surface area contributed by atoms with Crippen LogP contribution >= 0.6 is 15.9 Å². The van der Waals surface area contributed by atoms with Gasteiger partial charge in [0.2, 0.25) is 0 Å². The van der Waals surface area contributed by atoms with E-state index in [1.165, 1.54) is 149 Å². The SMILES string of the molecule is Brc1ccc2c(c1)c1ccccc1n2-c1cccc(-c2ccccc2)c1.C.CC1(C)OB(c2ccc3c(c2)c2ccccc2n3-c2ccc(-c3ccccc3)cc2)OC1(C)C.c1ccc(-c2ccc(-n3c4ccccc4c4cc(-c5ccc6c(c5)c5ccccc5n6-c5cccc(-c6ccccc6)c5)ccc43)cc2)cc1. The largest absolute Gasteiger partial charge is 0.494 e. The van der Waals surface area contributed by atoms with E-state index in [4.69, 9.17) is 9.31 Å². The van der Waals surface area contributed by atoms with Gasteiger partial charge >= 0.3 is 7.12 Å². The Balaban J connectivity index is 0.000000123. The first-order valence-electron chi connectivity index (χ1n) is 37.7. The van der Waals surface area contributed by atoms with E-state index in [0.29, 0.717) is 0 Å². The second-order valence-electron chi connectivity index (χ2n) is 29.6. The van der Waals surface area contributed by atoms with Gasteiger partial charge in [0.05, 0.1) is 55.3 Å². The van der Waals surface area contributed by atoms with Gasteiger partial charge in [0.15, 0.2) is 0 Å². The Morgan fingerprint density at radius 3 is 0.856 bits per heavy atom. The van der Waals surface area contributed by atoms with Crippen LogP contribution in [0.1, 0.15) is 35.1 Å². The lowest BCUT2D eigenvalue weighted by Gasteiger charge is -2.32. The van der Waals surface area contributed by atoms with E-state index in [2.05, 4.69) is 444 Å². The zero-order chi connectivity index (χ0) is 74.0. The van der Waals surface area contributed by atoms with Gasteiger partial charge in [-0.25, -0.2) is 0 Å². The molecule has 6 nitrogen and oxygen atoms in total. The van der Waals surface area contributed by atoms with Crippen molar-refractivity contribution in [2.75, 3.05) is 0 Å². The second-order valence-corrected chi connectivity index (χ2v) is 30.5. The van der Waals surface area contributed by atoms with Gasteiger partial charge in [0.25, 0.3) is 0 Å². The number of benzene rings is 16. The zero-order valence-electron chi connectivity index (χ0n) is 61.5. The molecule has 4 aromatic heterocycles. The van der Waals surface area contributed by atoms with Gasteiger partial charge < -0.3 is 27.6 Å². The number of rotatable bonds is 10. The lowest BCUT2D eigenvalue weighted by molar-refractivity contribution is 0.00578. The maximum atomic E-state index is 6.33. The first-order valence-corrected chi connectivity index (χ1v) is 38.5. The van der Waals surface area contributed by atoms with E-state index in [1.807, 2.05) is 6.07 Å². The maximum absolute atomic E-state index is 6.33. The summed E-state index contributed by atoms with van der Waals surface area (Å²) in [6.45, 7) is 8.38. The molecule has 20 aromatic rings. The fraction of sp³-hybridized carbons (Fsp3) is 0.0680. The van der Waals surface area contributed by atoms with Gasteiger partial charge in [-0.3, -0.25) is 0 Å². The van der Waals surface area contributed by atoms with Crippen molar-refractivity contribution < 1.29 is 9.31 Å². The summed E-state index contributed by atoms with van der Waals surface area (Å²) in [6, 6.07) is 139. The number of hydrogen-bond acceptors (Lipinski definition) is 2. The van der Waals surface area contributed by atoms with Crippen molar-refractivity contribution in [2.45, 2.75) is 46.3 Å². The summed E-state index contributed by atoms with van der Waals surface area (Å²) < 4.78 is 23.2. The smallest absolute Gasteiger partial charge is 0.399 e. The zero-order valence-corrected chi connectivity index (χ0v) is 63.1. The monoisotopic (exact) mass is 1490 g/mol. The standard InChI is InChI=1S/C48H32N2.C30H28BNO2.C24H16BrN.CH4/c1-3-12-33(13-4-1)35-22-26-39(27-23-35)49-45-20-9-7-18-41(45)43-31-37(24-28-47(43)49)38-25-29-48-44(32-38)42-19-8-10-21-46(42)50(48)40-17-11-16-36(30-40)34-14-5-2-6-15-34;1-29(2)30(3,4)34-31(33-29)23-16-19-28-26(20-23)25-12-8-9-13-27(25)32(28)24-17-14-22(15-18-24)21-10-6-5-7-11-21;25-19-13-14-24-22(16-19)21-11-4-5-12-23(21)26(24)20-10-6-9-18(15-20)17-7-2-1-3-8-17;/h1-32H;5-20H,1-4H3;1-16H;1H4. The highest BCUT2D eigenvalue weighted by Gasteiger charge is 2.52. The molecule has 1 saturated heterocycles. The minimum Gasteiger partial charge on any atom is -0.399 e. The van der Waals surface area contributed by atoms with Crippen LogP contribution in [0.2, 0.25) is 0 Å². The third kappa shape index (κ3) is 12.8. The number of nitrogens with zero attached hydrogens (tertiary/aromatic N) is 4. The Morgan fingerprint density at radius 2 is 0.477 bits per heavy atom. The van der Waals surface area contributed by atoms with Gasteiger partial charge in [-0.15, -0.1) is 0 Å². The Kier molecular flexibility index (Phi) is 18.2. The molecule has 1 aliphatic heterocycles. The molecule has 534 valence electrons. The van der Waals surface area contributed by atoms with Gasteiger partial charge in [0.1, 0.15) is 0 Å². The highest BCUT2D eigenvalue weighted by Crippen LogP contribution is 2.43. The Labute approximate surface area is 656 Å². The topological polar surface area (TPSA) is 38.2 Å². The molecule has 1 aliphatic rings. The molecular weight excluding hydrogens is 1420 g/mol. The Bertz CT molecular complexity index is 6820. The van der Waals surface area contributed by atoms with Crippen LogP contribution < -0.4 is 5.46 Å². The highest BCUT2D eigenvalue weighted by atomic mass is 79.9. The first kappa shape index (κ1) is 69.9. The van der Waals surface area contributed by atoms with Crippen LogP contribution in [0.15, 0.2) is 393 Å². The van der Waals surface area contributed by atoms with Gasteiger partial charge in [0, 0.05) is 70.3 Å². The summed E-state index contributed by atoms with van der Waals surface area (Å²) in [4.78, 5) is 0. The molecule has 0 amide bonds. The minimum absolute atomic E-state index is 0. The molecule has 1 fully saturated rings. The van der Waals surface area contributed by atoms with Crippen LogP contribution in [0.4, 0.5) is 0 Å². The maximum Gasteiger partial charge on any atom is 0.494 e. The van der Waals surface area contributed by atoms with Crippen molar-refractivity contribution in [3.05, 3.63) is 393 Å². The number of hydrogen-bond donors (Lipinski definition) is 0. The lowest BCUT2D eigenvalue weighted by atomic mass is 9.78. The average Bonchev–Trinajstić information content (AvgIpc) is 1.47. The molecule has 111 heavy (non-hydrogen) atoms. The molecule has 0 spiro atoms. The molecule has 0 aliphatic carbocycles. The fourth-order valence-corrected chi connectivity index (χ4v) is 16.6. The molecule has 0 N–H and O–H groups in total. The predicted octanol–water partition coefficient (Wildman–Crippen LogP) is 27.5. The fourth-order valence-electron chi connectivity index (χ4n) is 16.3. The van der Waals surface area contributed by atoms with Gasteiger partial charge in [-0.1, -0.05) is 290 Å². The molecular formula is C103H80BBrN4O2. The highest BCUT2D eigenvalue weighted by molar-refractivity contribution is 9.10. The molecule has 16 aromatic carbocycles. The summed E-state index contributed by atoms with van der Waals surface area (Å²) >= 11 is 3.62. The van der Waals surface area contributed by atoms with E-state index in [1.54, 1.807) is 0 Å². The van der Waals surface area contributed by atoms with Crippen LogP contribution in [0.3, 0.4) is 0 Å². The van der Waals surface area contributed by atoms with E-state index in [-0.39, 0.29) is 25.7 Å². The lowest BCUT2D eigenvalue weighted by Crippen LogP contribution is -2.41. The number of fused-ring (bicyclic) bond motifs is 12. The van der Waals surface area contributed by atoms with Crippen molar-refractivity contribution in [2.24, 2.45) is 0 Å². The number of halogens is 1. The van der Waals surface area contributed by atoms with Crippen LogP contribution in [-0.4, -0.2) is 36.6 Å². The second kappa shape index (κ2) is 29.0. The van der Waals surface area contributed by atoms with Crippen molar-refractivity contribution in [3.8, 4) is 78.4 Å². The molecule has 0 atom stereocenters. The van der Waals surface area contributed by atoms with Crippen LogP contribution in [0.5, 0.6) is 0 Å². The number of para-hydroxylation sites is 4. The van der Waals surface area contributed by atoms with Crippen LogP contribution in [0, 0.1) is 0 Å². The average molecular weight is 1500 g/mol. The summed E-state index contributed by atoms with van der Waals surface area (Å²) in [5.41, 5.74) is 26.8. The Morgan fingerprint density at radius 1 is 0.216 bits per heavy atom. The molecule has 0 unspecified atom stereocenters. The quantitative estimate of drug-likeness (QED) is 0.128. The van der Waals surface area contributed by atoms with Crippen molar-refractivity contribution >= 4 is 116 Å². The van der Waals surface area contributed by atoms with Crippen molar-refractivity contribution in [3.63, 3.8) is 0 Å². The molecule has 21 rings (SSSR count). The van der Waals surface area contributed by atoms with E-state index in [9.17, 15) is 0 Å². The molecule has 5 heterocycles. The van der Waals surface area contributed by atoms with Crippen molar-refractivity contribution in [1.82, 2.24) is 18.3 Å². The summed E-state index contributed by atoms with van der Waals surface area (Å²) in [5.74, 6) is 0. The van der Waals surface area contributed by atoms with Crippen LogP contribution in [0.25, 0.3) is 166 Å². The van der Waals surface area contributed by atoms with E-state index in [0.717, 1.165) is 27.0 Å². The molecule has 8 heteroatoms. The third-order valence-corrected chi connectivity index (χ3v) is 22.9. The predicted molar refractivity (Wildman–Crippen MR) is 474 cm³/mol.